The Hall–Kier alpha value is -1.76. The molecule has 1 atom stereocenters. The summed E-state index contributed by atoms with van der Waals surface area (Å²) in [5.41, 5.74) is 2.10. The molecular formula is C21H25BrN2O2S. The Morgan fingerprint density at radius 2 is 1.89 bits per heavy atom. The number of halogens is 1. The Labute approximate surface area is 175 Å². The van der Waals surface area contributed by atoms with Crippen molar-refractivity contribution in [3.05, 3.63) is 66.4 Å². The Morgan fingerprint density at radius 3 is 2.52 bits per heavy atom. The van der Waals surface area contributed by atoms with Crippen molar-refractivity contribution >= 4 is 28.2 Å². The van der Waals surface area contributed by atoms with Gasteiger partial charge in [0.15, 0.2) is 0 Å². The van der Waals surface area contributed by atoms with E-state index in [4.69, 9.17) is 4.74 Å². The molecule has 0 amide bonds. The monoisotopic (exact) mass is 448 g/mol. The predicted octanol–water partition coefficient (Wildman–Crippen LogP) is 1.60. The lowest BCUT2D eigenvalue weighted by molar-refractivity contribution is -0.574. The van der Waals surface area contributed by atoms with Crippen molar-refractivity contribution in [3.63, 3.8) is 0 Å². The first-order valence-electron chi connectivity index (χ1n) is 8.75. The lowest BCUT2D eigenvalue weighted by atomic mass is 10.2. The molecule has 1 unspecified atom stereocenters. The number of nitrogens with zero attached hydrogens (tertiary/aromatic N) is 1. The molecule has 0 saturated heterocycles. The normalized spacial score (nSPS) is 19.6. The van der Waals surface area contributed by atoms with Crippen molar-refractivity contribution in [2.75, 3.05) is 17.7 Å². The fraction of sp³-hybridized carbons (Fsp3) is 0.286. The van der Waals surface area contributed by atoms with E-state index >= 15 is 0 Å². The molecule has 0 spiro atoms. The zero-order valence-corrected chi connectivity index (χ0v) is 18.2. The number of thioether (sulfide) groups is 1. The SMILES string of the molecule is CCOc1ccc(N/C(C)=C/C2=[N+](c3ccccc3)C(C)(O)CS2)cc1.[Br-]. The Kier molecular flexibility index (Phi) is 7.53. The second kappa shape index (κ2) is 9.44. The van der Waals surface area contributed by atoms with E-state index in [1.807, 2.05) is 79.9 Å². The quantitative estimate of drug-likeness (QED) is 0.658. The van der Waals surface area contributed by atoms with Gasteiger partial charge in [0.1, 0.15) is 5.75 Å². The van der Waals surface area contributed by atoms with E-state index in [1.165, 1.54) is 0 Å². The Morgan fingerprint density at radius 1 is 1.22 bits per heavy atom. The van der Waals surface area contributed by atoms with E-state index in [2.05, 4.69) is 11.4 Å². The van der Waals surface area contributed by atoms with Gasteiger partial charge in [-0.1, -0.05) is 18.2 Å². The highest BCUT2D eigenvalue weighted by Gasteiger charge is 2.44. The average Bonchev–Trinajstić information content (AvgIpc) is 2.92. The summed E-state index contributed by atoms with van der Waals surface area (Å²) in [4.78, 5) is 0. The molecule has 1 aliphatic heterocycles. The average molecular weight is 449 g/mol. The maximum atomic E-state index is 10.8. The molecule has 4 nitrogen and oxygen atoms in total. The van der Waals surface area contributed by atoms with Crippen LogP contribution >= 0.6 is 11.8 Å². The maximum Gasteiger partial charge on any atom is 0.278 e. The first-order valence-corrected chi connectivity index (χ1v) is 9.74. The number of para-hydroxylation sites is 1. The van der Waals surface area contributed by atoms with Crippen LogP contribution in [0.1, 0.15) is 20.8 Å². The summed E-state index contributed by atoms with van der Waals surface area (Å²) in [5.74, 6) is 1.50. The molecular weight excluding hydrogens is 424 g/mol. The molecule has 0 aliphatic carbocycles. The van der Waals surface area contributed by atoms with E-state index in [-0.39, 0.29) is 17.0 Å². The summed E-state index contributed by atoms with van der Waals surface area (Å²) >= 11 is 1.66. The van der Waals surface area contributed by atoms with Crippen LogP contribution < -0.4 is 27.0 Å². The molecule has 27 heavy (non-hydrogen) atoms. The predicted molar refractivity (Wildman–Crippen MR) is 109 cm³/mol. The van der Waals surface area contributed by atoms with E-state index in [0.717, 1.165) is 27.9 Å². The Balaban J connectivity index is 0.00000261. The van der Waals surface area contributed by atoms with Crippen LogP contribution in [0.2, 0.25) is 0 Å². The number of hydrogen-bond acceptors (Lipinski definition) is 4. The summed E-state index contributed by atoms with van der Waals surface area (Å²) in [5, 5.41) is 15.2. The minimum Gasteiger partial charge on any atom is -1.00 e. The lowest BCUT2D eigenvalue weighted by Crippen LogP contribution is -3.00. The third kappa shape index (κ3) is 5.37. The molecule has 2 aromatic rings. The van der Waals surface area contributed by atoms with Gasteiger partial charge in [0.25, 0.3) is 5.72 Å². The number of aliphatic hydroxyl groups is 1. The zero-order valence-electron chi connectivity index (χ0n) is 15.8. The van der Waals surface area contributed by atoms with Gasteiger partial charge in [0, 0.05) is 36.5 Å². The van der Waals surface area contributed by atoms with Crippen molar-refractivity contribution in [1.29, 1.82) is 0 Å². The van der Waals surface area contributed by atoms with Crippen LogP contribution in [0, 0.1) is 0 Å². The molecule has 1 heterocycles. The fourth-order valence-electron chi connectivity index (χ4n) is 2.92. The largest absolute Gasteiger partial charge is 1.00 e. The highest BCUT2D eigenvalue weighted by molar-refractivity contribution is 8.14. The molecule has 1 aliphatic rings. The van der Waals surface area contributed by atoms with E-state index in [1.54, 1.807) is 11.8 Å². The summed E-state index contributed by atoms with van der Waals surface area (Å²) < 4.78 is 7.46. The number of allylic oxidation sites excluding steroid dienone is 1. The maximum absolute atomic E-state index is 10.8. The van der Waals surface area contributed by atoms with Gasteiger partial charge in [0.05, 0.1) is 12.4 Å². The summed E-state index contributed by atoms with van der Waals surface area (Å²) in [6.45, 7) is 6.52. The second-order valence-corrected chi connectivity index (χ2v) is 7.42. The lowest BCUT2D eigenvalue weighted by Gasteiger charge is -2.14. The van der Waals surface area contributed by atoms with Crippen LogP contribution in [-0.2, 0) is 0 Å². The summed E-state index contributed by atoms with van der Waals surface area (Å²) in [6.07, 6.45) is 2.08. The molecule has 0 aromatic heterocycles. The second-order valence-electron chi connectivity index (χ2n) is 6.42. The smallest absolute Gasteiger partial charge is 0.278 e. The van der Waals surface area contributed by atoms with Gasteiger partial charge < -0.3 is 32.1 Å². The van der Waals surface area contributed by atoms with Crippen molar-refractivity contribution in [2.45, 2.75) is 26.5 Å². The Bertz CT molecular complexity index is 818. The zero-order chi connectivity index (χ0) is 18.6. The highest BCUT2D eigenvalue weighted by Crippen LogP contribution is 2.32. The number of rotatable bonds is 6. The molecule has 144 valence electrons. The standard InChI is InChI=1S/C21H24N2O2S.BrH/c1-4-25-19-12-10-17(11-13-19)22-16(2)14-20-23(21(3,24)15-26-20)18-8-6-5-7-9-18;/h5-14,24H,4,15H2,1-3H3;1H. The molecule has 2 N–H and O–H groups in total. The van der Waals surface area contributed by atoms with Crippen LogP contribution in [0.15, 0.2) is 66.4 Å². The molecule has 0 radical (unpaired) electrons. The van der Waals surface area contributed by atoms with E-state index in [9.17, 15) is 5.11 Å². The third-order valence-electron chi connectivity index (χ3n) is 4.06. The van der Waals surface area contributed by atoms with E-state index in [0.29, 0.717) is 12.4 Å². The van der Waals surface area contributed by atoms with Crippen LogP contribution in [0.3, 0.4) is 0 Å². The van der Waals surface area contributed by atoms with Crippen LogP contribution in [0.5, 0.6) is 5.75 Å². The summed E-state index contributed by atoms with van der Waals surface area (Å²) in [6, 6.07) is 17.9. The van der Waals surface area contributed by atoms with Crippen molar-refractivity contribution in [2.24, 2.45) is 0 Å². The van der Waals surface area contributed by atoms with Crippen molar-refractivity contribution in [3.8, 4) is 5.75 Å². The van der Waals surface area contributed by atoms with Crippen molar-refractivity contribution in [1.82, 2.24) is 0 Å². The fourth-order valence-corrected chi connectivity index (χ4v) is 4.16. The number of hydrogen-bond donors (Lipinski definition) is 2. The van der Waals surface area contributed by atoms with Gasteiger partial charge in [-0.25, -0.2) is 0 Å². The summed E-state index contributed by atoms with van der Waals surface area (Å²) in [7, 11) is 0. The number of benzene rings is 2. The molecule has 6 heteroatoms. The topological polar surface area (TPSA) is 44.5 Å². The van der Waals surface area contributed by atoms with Crippen LogP contribution in [0.4, 0.5) is 11.4 Å². The van der Waals surface area contributed by atoms with Crippen LogP contribution in [0.25, 0.3) is 0 Å². The van der Waals surface area contributed by atoms with Gasteiger partial charge in [0.2, 0.25) is 10.7 Å². The molecule has 0 bridgehead atoms. The highest BCUT2D eigenvalue weighted by atomic mass is 79.9. The van der Waals surface area contributed by atoms with Crippen LogP contribution in [-0.4, -0.2) is 32.8 Å². The minimum absolute atomic E-state index is 0. The van der Waals surface area contributed by atoms with Gasteiger partial charge >= 0.3 is 0 Å². The molecule has 0 fully saturated rings. The van der Waals surface area contributed by atoms with Gasteiger partial charge in [-0.05, 0) is 49.9 Å². The number of nitrogens with one attached hydrogen (secondary N) is 1. The van der Waals surface area contributed by atoms with Crippen molar-refractivity contribution < 1.29 is 31.4 Å². The first kappa shape index (κ1) is 21.5. The third-order valence-corrected chi connectivity index (χ3v) is 5.34. The molecule has 2 aromatic carbocycles. The molecule has 0 saturated carbocycles. The molecule has 3 rings (SSSR count). The van der Waals surface area contributed by atoms with Gasteiger partial charge in [-0.15, -0.1) is 0 Å². The van der Waals surface area contributed by atoms with Gasteiger partial charge in [-0.2, -0.15) is 4.58 Å². The number of ether oxygens (including phenoxy) is 1. The van der Waals surface area contributed by atoms with E-state index < -0.39 is 5.72 Å². The first-order chi connectivity index (χ1) is 12.5. The number of anilines is 1. The minimum atomic E-state index is -0.905. The van der Waals surface area contributed by atoms with Gasteiger partial charge in [-0.3, -0.25) is 0 Å².